The number of alkyl halides is 3. The van der Waals surface area contributed by atoms with E-state index in [9.17, 15) is 13.2 Å². The Hall–Kier alpha value is -1.43. The van der Waals surface area contributed by atoms with Gasteiger partial charge in [0, 0.05) is 5.02 Å². The van der Waals surface area contributed by atoms with Gasteiger partial charge in [-0.1, -0.05) is 11.6 Å². The van der Waals surface area contributed by atoms with Gasteiger partial charge in [-0.2, -0.15) is 13.2 Å². The Morgan fingerprint density at radius 2 is 1.53 bits per heavy atom. The van der Waals surface area contributed by atoms with Gasteiger partial charge in [0.1, 0.15) is 5.75 Å². The molecule has 0 saturated carbocycles. The summed E-state index contributed by atoms with van der Waals surface area (Å²) in [5, 5.41) is 16.5. The summed E-state index contributed by atoms with van der Waals surface area (Å²) in [7, 11) is 0. The van der Waals surface area contributed by atoms with Gasteiger partial charge in [-0.25, -0.2) is 4.79 Å². The first-order valence-corrected chi connectivity index (χ1v) is 3.86. The van der Waals surface area contributed by atoms with Crippen LogP contribution in [-0.4, -0.2) is 22.4 Å². The van der Waals surface area contributed by atoms with Crippen LogP contribution in [0.5, 0.6) is 5.75 Å². The van der Waals surface area contributed by atoms with Crippen LogP contribution in [0.15, 0.2) is 24.3 Å². The van der Waals surface area contributed by atoms with Gasteiger partial charge < -0.3 is 10.2 Å². The van der Waals surface area contributed by atoms with Gasteiger partial charge in [0.2, 0.25) is 0 Å². The van der Waals surface area contributed by atoms with E-state index >= 15 is 0 Å². The van der Waals surface area contributed by atoms with Crippen molar-refractivity contribution in [3.05, 3.63) is 29.3 Å². The van der Waals surface area contributed by atoms with Gasteiger partial charge in [-0.3, -0.25) is 0 Å². The molecule has 0 amide bonds. The standard InChI is InChI=1S/C6H5ClO.C2HF3O2/c7-5-1-3-6(8)4-2-5;3-2(4,5)1(6)7/h1-4,8H;(H,6,7). The Balaban J connectivity index is 0.000000265. The molecule has 84 valence electrons. The largest absolute Gasteiger partial charge is 0.508 e. The molecular weight excluding hydrogens is 237 g/mol. The molecule has 0 fully saturated rings. The number of benzene rings is 1. The van der Waals surface area contributed by atoms with Crippen LogP contribution in [0.1, 0.15) is 0 Å². The summed E-state index contributed by atoms with van der Waals surface area (Å²) in [6.45, 7) is 0. The fourth-order valence-electron chi connectivity index (χ4n) is 0.441. The molecule has 1 aromatic carbocycles. The lowest BCUT2D eigenvalue weighted by atomic mass is 10.3. The molecule has 0 saturated heterocycles. The molecule has 0 aromatic heterocycles. The van der Waals surface area contributed by atoms with E-state index in [0.717, 1.165) is 0 Å². The second-order valence-electron chi connectivity index (χ2n) is 2.28. The first kappa shape index (κ1) is 13.6. The fourth-order valence-corrected chi connectivity index (χ4v) is 0.567. The smallest absolute Gasteiger partial charge is 0.490 e. The summed E-state index contributed by atoms with van der Waals surface area (Å²) in [6, 6.07) is 6.36. The topological polar surface area (TPSA) is 57.5 Å². The Kier molecular flexibility index (Phi) is 4.93. The molecule has 0 atom stereocenters. The van der Waals surface area contributed by atoms with Crippen molar-refractivity contribution in [2.45, 2.75) is 6.18 Å². The van der Waals surface area contributed by atoms with E-state index in [2.05, 4.69) is 0 Å². The third kappa shape index (κ3) is 6.62. The van der Waals surface area contributed by atoms with Crippen LogP contribution in [-0.2, 0) is 4.79 Å². The third-order valence-corrected chi connectivity index (χ3v) is 1.32. The van der Waals surface area contributed by atoms with Gasteiger partial charge in [-0.05, 0) is 24.3 Å². The number of aromatic hydroxyl groups is 1. The summed E-state index contributed by atoms with van der Waals surface area (Å²) in [4.78, 5) is 8.90. The van der Waals surface area contributed by atoms with Gasteiger partial charge in [0.25, 0.3) is 0 Å². The monoisotopic (exact) mass is 242 g/mol. The van der Waals surface area contributed by atoms with Crippen molar-refractivity contribution >= 4 is 17.6 Å². The normalized spacial score (nSPS) is 10.1. The zero-order chi connectivity index (χ0) is 12.1. The zero-order valence-electron chi connectivity index (χ0n) is 7.12. The summed E-state index contributed by atoms with van der Waals surface area (Å²) in [6.07, 6.45) is -5.08. The van der Waals surface area contributed by atoms with Crippen LogP contribution >= 0.6 is 11.6 Å². The highest BCUT2D eigenvalue weighted by molar-refractivity contribution is 6.30. The minimum atomic E-state index is -5.08. The van der Waals surface area contributed by atoms with Crippen LogP contribution < -0.4 is 0 Å². The average Bonchev–Trinajstić information content (AvgIpc) is 2.09. The minimum absolute atomic E-state index is 0.245. The number of rotatable bonds is 0. The van der Waals surface area contributed by atoms with E-state index in [1.165, 1.54) is 0 Å². The van der Waals surface area contributed by atoms with Crippen LogP contribution in [0, 0.1) is 0 Å². The Bertz CT molecular complexity index is 300. The highest BCUT2D eigenvalue weighted by Gasteiger charge is 2.38. The molecule has 2 N–H and O–H groups in total. The average molecular weight is 243 g/mol. The van der Waals surface area contributed by atoms with Crippen molar-refractivity contribution in [3.63, 3.8) is 0 Å². The van der Waals surface area contributed by atoms with Crippen LogP contribution in [0.2, 0.25) is 5.02 Å². The van der Waals surface area contributed by atoms with E-state index in [1.807, 2.05) is 0 Å². The Morgan fingerprint density at radius 3 is 1.73 bits per heavy atom. The summed E-state index contributed by atoms with van der Waals surface area (Å²) < 4.78 is 31.7. The molecule has 0 heterocycles. The number of aliphatic carboxylic acids is 1. The van der Waals surface area contributed by atoms with E-state index in [1.54, 1.807) is 24.3 Å². The summed E-state index contributed by atoms with van der Waals surface area (Å²) >= 11 is 5.50. The van der Waals surface area contributed by atoms with Gasteiger partial charge >= 0.3 is 12.1 Å². The van der Waals surface area contributed by atoms with Crippen LogP contribution in [0.4, 0.5) is 13.2 Å². The molecule has 0 aliphatic heterocycles. The SMILES string of the molecule is O=C(O)C(F)(F)F.Oc1ccc(Cl)cc1. The van der Waals surface area contributed by atoms with E-state index in [4.69, 9.17) is 26.6 Å². The number of carboxylic acids is 1. The first-order valence-electron chi connectivity index (χ1n) is 3.48. The Labute approximate surface area is 87.7 Å². The molecule has 3 nitrogen and oxygen atoms in total. The number of carboxylic acid groups (broad SMARTS) is 1. The number of carbonyl (C=O) groups is 1. The molecule has 0 unspecified atom stereocenters. The second-order valence-corrected chi connectivity index (χ2v) is 2.72. The lowest BCUT2D eigenvalue weighted by Crippen LogP contribution is -2.21. The molecule has 15 heavy (non-hydrogen) atoms. The predicted octanol–water partition coefficient (Wildman–Crippen LogP) is 2.68. The number of halogens is 4. The highest BCUT2D eigenvalue weighted by Crippen LogP contribution is 2.13. The molecule has 7 heteroatoms. The van der Waals surface area contributed by atoms with E-state index < -0.39 is 12.1 Å². The van der Waals surface area contributed by atoms with Crippen molar-refractivity contribution in [2.24, 2.45) is 0 Å². The maximum Gasteiger partial charge on any atom is 0.490 e. The molecule has 0 radical (unpaired) electrons. The zero-order valence-corrected chi connectivity index (χ0v) is 7.88. The van der Waals surface area contributed by atoms with E-state index in [-0.39, 0.29) is 5.75 Å². The third-order valence-electron chi connectivity index (χ3n) is 1.07. The van der Waals surface area contributed by atoms with E-state index in [0.29, 0.717) is 5.02 Å². The number of hydrogen-bond acceptors (Lipinski definition) is 2. The second kappa shape index (κ2) is 5.45. The molecule has 0 aliphatic carbocycles. The lowest BCUT2D eigenvalue weighted by molar-refractivity contribution is -0.192. The van der Waals surface area contributed by atoms with Crippen molar-refractivity contribution in [1.29, 1.82) is 0 Å². The molecular formula is C8H6ClF3O3. The molecule has 1 aromatic rings. The summed E-state index contributed by atoms with van der Waals surface area (Å²) in [5.41, 5.74) is 0. The first-order chi connectivity index (χ1) is 6.73. The maximum atomic E-state index is 10.6. The maximum absolute atomic E-state index is 10.6. The molecule has 0 aliphatic rings. The van der Waals surface area contributed by atoms with Crippen molar-refractivity contribution in [3.8, 4) is 5.75 Å². The number of phenolic OH excluding ortho intramolecular Hbond substituents is 1. The molecule has 1 rings (SSSR count). The van der Waals surface area contributed by atoms with Crippen molar-refractivity contribution in [1.82, 2.24) is 0 Å². The Morgan fingerprint density at radius 1 is 1.20 bits per heavy atom. The predicted molar refractivity (Wildman–Crippen MR) is 46.8 cm³/mol. The fraction of sp³-hybridized carbons (Fsp3) is 0.125. The minimum Gasteiger partial charge on any atom is -0.508 e. The number of hydrogen-bond donors (Lipinski definition) is 2. The summed E-state index contributed by atoms with van der Waals surface area (Å²) in [5.74, 6) is -2.51. The van der Waals surface area contributed by atoms with Crippen molar-refractivity contribution < 1.29 is 28.2 Å². The quantitative estimate of drug-likeness (QED) is 0.735. The molecule has 0 bridgehead atoms. The van der Waals surface area contributed by atoms with Gasteiger partial charge in [0.05, 0.1) is 0 Å². The van der Waals surface area contributed by atoms with Gasteiger partial charge in [0.15, 0.2) is 0 Å². The van der Waals surface area contributed by atoms with Crippen LogP contribution in [0.25, 0.3) is 0 Å². The molecule has 0 spiro atoms. The highest BCUT2D eigenvalue weighted by atomic mass is 35.5. The van der Waals surface area contributed by atoms with Gasteiger partial charge in [-0.15, -0.1) is 0 Å². The van der Waals surface area contributed by atoms with Crippen LogP contribution in [0.3, 0.4) is 0 Å². The van der Waals surface area contributed by atoms with Crippen molar-refractivity contribution in [2.75, 3.05) is 0 Å². The number of phenols is 1. The lowest BCUT2D eigenvalue weighted by Gasteiger charge is -1.93.